The van der Waals surface area contributed by atoms with Gasteiger partial charge in [-0.25, -0.2) is 0 Å². The van der Waals surface area contributed by atoms with Crippen molar-refractivity contribution in [3.05, 3.63) is 59.7 Å². The van der Waals surface area contributed by atoms with E-state index in [4.69, 9.17) is 0 Å². The van der Waals surface area contributed by atoms with E-state index in [9.17, 15) is 9.90 Å². The number of unbranched alkanes of at least 4 members (excludes halogenated alkanes) is 3. The van der Waals surface area contributed by atoms with E-state index in [1.54, 1.807) is 11.0 Å². The molecule has 3 rings (SSSR count). The monoisotopic (exact) mass is 337 g/mol. The van der Waals surface area contributed by atoms with Crippen LogP contribution in [-0.4, -0.2) is 18.1 Å². The molecule has 0 fully saturated rings. The largest absolute Gasteiger partial charge is 0.508 e. The first-order chi connectivity index (χ1) is 12.1. The molecule has 0 aromatic heterocycles. The lowest BCUT2D eigenvalue weighted by Gasteiger charge is -2.42. The van der Waals surface area contributed by atoms with E-state index in [-0.39, 0.29) is 11.7 Å². The standard InChI is InChI=1S/C22H27NO2/c1-3-4-5-10-15-22(18-12-7-9-14-20(18)24)16-17-11-6-8-13-19(17)23(2)21(22)25/h6-9,11-14,24H,3-5,10,15-16H2,1-2H3. The van der Waals surface area contributed by atoms with Crippen molar-refractivity contribution in [2.24, 2.45) is 0 Å². The second-order valence-electron chi connectivity index (χ2n) is 7.08. The predicted molar refractivity (Wildman–Crippen MR) is 102 cm³/mol. The molecule has 3 nitrogen and oxygen atoms in total. The Morgan fingerprint density at radius 2 is 1.76 bits per heavy atom. The summed E-state index contributed by atoms with van der Waals surface area (Å²) in [5.74, 6) is 0.309. The number of hydrogen-bond donors (Lipinski definition) is 1. The highest BCUT2D eigenvalue weighted by atomic mass is 16.3. The Morgan fingerprint density at radius 3 is 2.52 bits per heavy atom. The minimum Gasteiger partial charge on any atom is -0.508 e. The maximum atomic E-state index is 13.4. The van der Waals surface area contributed by atoms with E-state index in [1.807, 2.05) is 43.4 Å². The van der Waals surface area contributed by atoms with Gasteiger partial charge >= 0.3 is 0 Å². The summed E-state index contributed by atoms with van der Waals surface area (Å²) >= 11 is 0. The number of anilines is 1. The van der Waals surface area contributed by atoms with Gasteiger partial charge in [-0.15, -0.1) is 0 Å². The number of carbonyl (C=O) groups is 1. The number of amides is 1. The predicted octanol–water partition coefficient (Wildman–Crippen LogP) is 4.82. The van der Waals surface area contributed by atoms with Gasteiger partial charge in [-0.2, -0.15) is 0 Å². The molecule has 0 spiro atoms. The molecule has 1 aliphatic rings. The average Bonchev–Trinajstić information content (AvgIpc) is 2.63. The van der Waals surface area contributed by atoms with Crippen molar-refractivity contribution >= 4 is 11.6 Å². The molecular formula is C22H27NO2. The maximum absolute atomic E-state index is 13.4. The van der Waals surface area contributed by atoms with E-state index in [2.05, 4.69) is 13.0 Å². The van der Waals surface area contributed by atoms with Gasteiger partial charge in [0.05, 0.1) is 5.41 Å². The smallest absolute Gasteiger partial charge is 0.237 e. The van der Waals surface area contributed by atoms with Crippen molar-refractivity contribution in [2.45, 2.75) is 50.9 Å². The number of benzene rings is 2. The average molecular weight is 337 g/mol. The fourth-order valence-electron chi connectivity index (χ4n) is 4.09. The minimum absolute atomic E-state index is 0.0872. The summed E-state index contributed by atoms with van der Waals surface area (Å²) in [5, 5.41) is 10.5. The van der Waals surface area contributed by atoms with Gasteiger partial charge in [0.2, 0.25) is 5.91 Å². The lowest BCUT2D eigenvalue weighted by atomic mass is 9.68. The highest BCUT2D eigenvalue weighted by Crippen LogP contribution is 2.45. The quantitative estimate of drug-likeness (QED) is 0.768. The first-order valence-corrected chi connectivity index (χ1v) is 9.24. The third kappa shape index (κ3) is 3.15. The van der Waals surface area contributed by atoms with Gasteiger partial charge in [-0.1, -0.05) is 69.0 Å². The van der Waals surface area contributed by atoms with Crippen LogP contribution in [0.15, 0.2) is 48.5 Å². The normalized spacial score (nSPS) is 19.8. The molecule has 0 radical (unpaired) electrons. The molecule has 0 saturated carbocycles. The number of hydrogen-bond acceptors (Lipinski definition) is 2. The topological polar surface area (TPSA) is 40.5 Å². The molecule has 132 valence electrons. The van der Waals surface area contributed by atoms with Gasteiger partial charge in [0.1, 0.15) is 5.75 Å². The minimum atomic E-state index is -0.678. The summed E-state index contributed by atoms with van der Waals surface area (Å²) in [6.07, 6.45) is 5.87. The van der Waals surface area contributed by atoms with Crippen LogP contribution in [0.5, 0.6) is 5.75 Å². The zero-order chi connectivity index (χ0) is 17.9. The van der Waals surface area contributed by atoms with Crippen LogP contribution in [0.25, 0.3) is 0 Å². The van der Waals surface area contributed by atoms with Crippen LogP contribution in [0.1, 0.15) is 50.2 Å². The van der Waals surface area contributed by atoms with E-state index >= 15 is 0 Å². The van der Waals surface area contributed by atoms with E-state index in [0.29, 0.717) is 6.42 Å². The SMILES string of the molecule is CCCCCCC1(c2ccccc2O)Cc2ccccc2N(C)C1=O. The van der Waals surface area contributed by atoms with Gasteiger partial charge in [0.25, 0.3) is 0 Å². The highest BCUT2D eigenvalue weighted by molar-refractivity contribution is 6.04. The number of nitrogens with zero attached hydrogens (tertiary/aromatic N) is 1. The lowest BCUT2D eigenvalue weighted by molar-refractivity contribution is -0.124. The van der Waals surface area contributed by atoms with Crippen LogP contribution in [0, 0.1) is 0 Å². The van der Waals surface area contributed by atoms with E-state index < -0.39 is 5.41 Å². The Labute approximate surface area is 150 Å². The zero-order valence-electron chi connectivity index (χ0n) is 15.2. The molecule has 0 bridgehead atoms. The number of fused-ring (bicyclic) bond motifs is 1. The van der Waals surface area contributed by atoms with Crippen LogP contribution >= 0.6 is 0 Å². The molecule has 2 aromatic carbocycles. The Morgan fingerprint density at radius 1 is 1.04 bits per heavy atom. The fraction of sp³-hybridized carbons (Fsp3) is 0.409. The second kappa shape index (κ2) is 7.30. The van der Waals surface area contributed by atoms with Crippen molar-refractivity contribution in [2.75, 3.05) is 11.9 Å². The Kier molecular flexibility index (Phi) is 5.12. The number of phenols is 1. The molecule has 1 atom stereocenters. The van der Waals surface area contributed by atoms with Crippen LogP contribution < -0.4 is 4.90 Å². The Bertz CT molecular complexity index is 755. The molecule has 1 heterocycles. The van der Waals surface area contributed by atoms with Gasteiger partial charge in [0.15, 0.2) is 0 Å². The van der Waals surface area contributed by atoms with Crippen molar-refractivity contribution in [3.8, 4) is 5.75 Å². The number of rotatable bonds is 6. The molecule has 1 unspecified atom stereocenters. The molecule has 1 N–H and O–H groups in total. The van der Waals surface area contributed by atoms with Crippen molar-refractivity contribution in [1.82, 2.24) is 0 Å². The first-order valence-electron chi connectivity index (χ1n) is 9.24. The molecule has 1 aliphatic heterocycles. The van der Waals surface area contributed by atoms with Gasteiger partial charge in [-0.3, -0.25) is 4.79 Å². The van der Waals surface area contributed by atoms with Crippen LogP contribution in [0.3, 0.4) is 0 Å². The maximum Gasteiger partial charge on any atom is 0.237 e. The van der Waals surface area contributed by atoms with Gasteiger partial charge in [0, 0.05) is 18.3 Å². The van der Waals surface area contributed by atoms with Crippen LogP contribution in [-0.2, 0) is 16.6 Å². The third-order valence-electron chi connectivity index (χ3n) is 5.44. The Balaban J connectivity index is 2.06. The number of likely N-dealkylation sites (N-methyl/N-ethyl adjacent to an activating group) is 1. The summed E-state index contributed by atoms with van der Waals surface area (Å²) in [6.45, 7) is 2.19. The van der Waals surface area contributed by atoms with E-state index in [1.165, 1.54) is 18.4 Å². The summed E-state index contributed by atoms with van der Waals surface area (Å²) in [4.78, 5) is 15.2. The summed E-state index contributed by atoms with van der Waals surface area (Å²) in [5.41, 5.74) is 2.23. The van der Waals surface area contributed by atoms with Crippen molar-refractivity contribution < 1.29 is 9.90 Å². The number of phenolic OH excluding ortho intramolecular Hbond substituents is 1. The summed E-state index contributed by atoms with van der Waals surface area (Å²) < 4.78 is 0. The van der Waals surface area contributed by atoms with Crippen LogP contribution in [0.4, 0.5) is 5.69 Å². The third-order valence-corrected chi connectivity index (χ3v) is 5.44. The fourth-order valence-corrected chi connectivity index (χ4v) is 4.09. The number of aromatic hydroxyl groups is 1. The molecule has 0 aliphatic carbocycles. The Hall–Kier alpha value is -2.29. The van der Waals surface area contributed by atoms with E-state index in [0.717, 1.165) is 30.5 Å². The molecular weight excluding hydrogens is 310 g/mol. The summed E-state index contributed by atoms with van der Waals surface area (Å²) in [7, 11) is 1.85. The number of carbonyl (C=O) groups excluding carboxylic acids is 1. The molecule has 0 saturated heterocycles. The van der Waals surface area contributed by atoms with Gasteiger partial charge in [-0.05, 0) is 30.5 Å². The molecule has 3 heteroatoms. The lowest BCUT2D eigenvalue weighted by Crippen LogP contribution is -2.50. The number of para-hydroxylation sites is 2. The first kappa shape index (κ1) is 17.5. The molecule has 2 aromatic rings. The highest BCUT2D eigenvalue weighted by Gasteiger charge is 2.47. The molecule has 25 heavy (non-hydrogen) atoms. The van der Waals surface area contributed by atoms with Gasteiger partial charge < -0.3 is 10.0 Å². The van der Waals surface area contributed by atoms with Crippen molar-refractivity contribution in [3.63, 3.8) is 0 Å². The zero-order valence-corrected chi connectivity index (χ0v) is 15.2. The second-order valence-corrected chi connectivity index (χ2v) is 7.08. The summed E-state index contributed by atoms with van der Waals surface area (Å²) in [6, 6.07) is 15.4. The van der Waals surface area contributed by atoms with Crippen LogP contribution in [0.2, 0.25) is 0 Å². The van der Waals surface area contributed by atoms with Crippen molar-refractivity contribution in [1.29, 1.82) is 0 Å². The molecule has 1 amide bonds.